The van der Waals surface area contributed by atoms with Crippen molar-refractivity contribution in [1.29, 1.82) is 0 Å². The minimum absolute atomic E-state index is 0.0118. The van der Waals surface area contributed by atoms with E-state index in [1.54, 1.807) is 24.3 Å². The summed E-state index contributed by atoms with van der Waals surface area (Å²) in [6.07, 6.45) is -1.79. The minimum Gasteiger partial charge on any atom is -0.507 e. The van der Waals surface area contributed by atoms with E-state index in [0.717, 1.165) is 18.2 Å². The molecule has 0 fully saturated rings. The number of phenols is 1. The van der Waals surface area contributed by atoms with Crippen molar-refractivity contribution in [2.45, 2.75) is 25.4 Å². The molecule has 6 nitrogen and oxygen atoms in total. The Morgan fingerprint density at radius 1 is 1.16 bits per heavy atom. The molecule has 0 radical (unpaired) electrons. The number of carbonyl (C=O) groups excluding carboxylic acids is 2. The first kappa shape index (κ1) is 23.9. The zero-order valence-corrected chi connectivity index (χ0v) is 16.9. The van der Waals surface area contributed by atoms with Gasteiger partial charge in [0.15, 0.2) is 0 Å². The van der Waals surface area contributed by atoms with Crippen LogP contribution in [0.25, 0.3) is 0 Å². The number of nitrogens with one attached hydrogen (secondary N) is 2. The van der Waals surface area contributed by atoms with Crippen LogP contribution in [0.15, 0.2) is 54.2 Å². The van der Waals surface area contributed by atoms with Crippen LogP contribution in [0.1, 0.15) is 29.5 Å². The van der Waals surface area contributed by atoms with Gasteiger partial charge in [-0.1, -0.05) is 29.8 Å². The van der Waals surface area contributed by atoms with Crippen molar-refractivity contribution in [2.75, 3.05) is 5.32 Å². The molecule has 2 amide bonds. The number of phenolic OH excluding ortho intramolecular Hbond substituents is 1. The summed E-state index contributed by atoms with van der Waals surface area (Å²) in [7, 11) is 0. The highest BCUT2D eigenvalue weighted by Crippen LogP contribution is 2.33. The maximum Gasteiger partial charge on any atom is 0.416 e. The third kappa shape index (κ3) is 7.14. The second kappa shape index (κ2) is 10.6. The van der Waals surface area contributed by atoms with Gasteiger partial charge in [-0.05, 0) is 36.2 Å². The molecule has 0 saturated heterocycles. The molecule has 0 aromatic heterocycles. The fourth-order valence-corrected chi connectivity index (χ4v) is 2.67. The van der Waals surface area contributed by atoms with Gasteiger partial charge < -0.3 is 10.4 Å². The molecule has 2 rings (SSSR count). The van der Waals surface area contributed by atoms with Gasteiger partial charge in [0.2, 0.25) is 11.8 Å². The van der Waals surface area contributed by atoms with Crippen molar-refractivity contribution in [2.24, 2.45) is 5.10 Å². The molecule has 0 aliphatic rings. The summed E-state index contributed by atoms with van der Waals surface area (Å²) in [6, 6.07) is 7.59. The summed E-state index contributed by atoms with van der Waals surface area (Å²) >= 11 is 5.82. The summed E-state index contributed by atoms with van der Waals surface area (Å²) in [4.78, 5) is 23.8. The standard InChI is InChI=1S/C21H19ClF3N3O3/c1-2-4-13-5-3-6-14(20(13)31)12-26-28-19(30)10-9-18(29)27-17-11-15(21(23,24)25)7-8-16(17)22/h2-3,5-8,11-12,31H,1,4,9-10H2,(H,27,29)(H,28,30)/b26-12+. The molecule has 0 heterocycles. The molecule has 0 spiro atoms. The van der Waals surface area contributed by atoms with Gasteiger partial charge in [-0.3, -0.25) is 9.59 Å². The van der Waals surface area contributed by atoms with Gasteiger partial charge >= 0.3 is 6.18 Å². The fourth-order valence-electron chi connectivity index (χ4n) is 2.50. The molecule has 10 heteroatoms. The van der Waals surface area contributed by atoms with E-state index in [2.05, 4.69) is 22.4 Å². The molecule has 3 N–H and O–H groups in total. The van der Waals surface area contributed by atoms with E-state index >= 15 is 0 Å². The SMILES string of the molecule is C=CCc1cccc(/C=N/NC(=O)CCC(=O)Nc2cc(C(F)(F)F)ccc2Cl)c1O. The number of halogens is 4. The van der Waals surface area contributed by atoms with E-state index in [9.17, 15) is 27.9 Å². The average molecular weight is 454 g/mol. The minimum atomic E-state index is -4.58. The molecule has 0 atom stereocenters. The first-order valence-electron chi connectivity index (χ1n) is 9.02. The second-order valence-corrected chi connectivity index (χ2v) is 6.79. The maximum absolute atomic E-state index is 12.8. The van der Waals surface area contributed by atoms with Gasteiger partial charge in [0.05, 0.1) is 22.5 Å². The predicted octanol–water partition coefficient (Wildman–Crippen LogP) is 4.66. The topological polar surface area (TPSA) is 90.8 Å². The molecule has 2 aromatic rings. The predicted molar refractivity (Wildman–Crippen MR) is 112 cm³/mol. The van der Waals surface area contributed by atoms with Gasteiger partial charge in [0, 0.05) is 18.4 Å². The van der Waals surface area contributed by atoms with Crippen LogP contribution in [-0.2, 0) is 22.2 Å². The number of amides is 2. The number of aromatic hydroxyl groups is 1. The Labute approximate surface area is 181 Å². The smallest absolute Gasteiger partial charge is 0.416 e. The normalized spacial score (nSPS) is 11.4. The lowest BCUT2D eigenvalue weighted by atomic mass is 10.1. The van der Waals surface area contributed by atoms with Gasteiger partial charge in [0.25, 0.3) is 0 Å². The Bertz CT molecular complexity index is 1010. The van der Waals surface area contributed by atoms with Crippen LogP contribution in [0.3, 0.4) is 0 Å². The van der Waals surface area contributed by atoms with E-state index in [1.807, 2.05) is 0 Å². The van der Waals surface area contributed by atoms with Gasteiger partial charge in [-0.15, -0.1) is 6.58 Å². The maximum atomic E-state index is 12.8. The highest BCUT2D eigenvalue weighted by atomic mass is 35.5. The van der Waals surface area contributed by atoms with Crippen molar-refractivity contribution < 1.29 is 27.9 Å². The lowest BCUT2D eigenvalue weighted by Gasteiger charge is -2.11. The number of hydrazone groups is 1. The van der Waals surface area contributed by atoms with E-state index in [1.165, 1.54) is 6.21 Å². The van der Waals surface area contributed by atoms with Crippen molar-refractivity contribution >= 4 is 35.3 Å². The van der Waals surface area contributed by atoms with Crippen molar-refractivity contribution in [3.8, 4) is 5.75 Å². The quantitative estimate of drug-likeness (QED) is 0.308. The largest absolute Gasteiger partial charge is 0.507 e. The number of nitrogens with zero attached hydrogens (tertiary/aromatic N) is 1. The molecular weight excluding hydrogens is 435 g/mol. The van der Waals surface area contributed by atoms with Crippen LogP contribution >= 0.6 is 11.6 Å². The molecule has 31 heavy (non-hydrogen) atoms. The third-order valence-electron chi connectivity index (χ3n) is 4.05. The van der Waals surface area contributed by atoms with Crippen molar-refractivity contribution in [3.05, 3.63) is 70.8 Å². The first-order valence-corrected chi connectivity index (χ1v) is 9.40. The highest BCUT2D eigenvalue weighted by Gasteiger charge is 2.31. The van der Waals surface area contributed by atoms with E-state index in [0.29, 0.717) is 17.5 Å². The number of para-hydroxylation sites is 1. The summed E-state index contributed by atoms with van der Waals surface area (Å²) in [5, 5.41) is 16.0. The van der Waals surface area contributed by atoms with E-state index in [-0.39, 0.29) is 29.3 Å². The van der Waals surface area contributed by atoms with Crippen LogP contribution in [0, 0.1) is 0 Å². The van der Waals surface area contributed by atoms with E-state index < -0.39 is 23.6 Å². The molecule has 0 bridgehead atoms. The van der Waals surface area contributed by atoms with Gasteiger partial charge in [-0.25, -0.2) is 5.43 Å². The average Bonchev–Trinajstić information content (AvgIpc) is 2.70. The molecule has 0 aliphatic carbocycles. The van der Waals surface area contributed by atoms with Gasteiger partial charge in [-0.2, -0.15) is 18.3 Å². The number of alkyl halides is 3. The summed E-state index contributed by atoms with van der Waals surface area (Å²) < 4.78 is 38.3. The molecule has 2 aromatic carbocycles. The molecule has 164 valence electrons. The summed E-state index contributed by atoms with van der Waals surface area (Å²) in [6.45, 7) is 3.60. The number of carbonyl (C=O) groups is 2. The first-order chi connectivity index (χ1) is 14.6. The van der Waals surface area contributed by atoms with Crippen LogP contribution in [0.2, 0.25) is 5.02 Å². The number of allylic oxidation sites excluding steroid dienone is 1. The molecular formula is C21H19ClF3N3O3. The Hall–Kier alpha value is -3.33. The summed E-state index contributed by atoms with van der Waals surface area (Å²) in [5.74, 6) is -1.27. The number of rotatable bonds is 8. The lowest BCUT2D eigenvalue weighted by molar-refractivity contribution is -0.137. The number of hydrogen-bond donors (Lipinski definition) is 3. The molecule has 0 aliphatic heterocycles. The van der Waals surface area contributed by atoms with Crippen LogP contribution in [0.4, 0.5) is 18.9 Å². The zero-order valence-electron chi connectivity index (χ0n) is 16.2. The number of anilines is 1. The van der Waals surface area contributed by atoms with Crippen LogP contribution in [0.5, 0.6) is 5.75 Å². The Morgan fingerprint density at radius 2 is 1.87 bits per heavy atom. The Morgan fingerprint density at radius 3 is 2.55 bits per heavy atom. The highest BCUT2D eigenvalue weighted by molar-refractivity contribution is 6.33. The van der Waals surface area contributed by atoms with Crippen molar-refractivity contribution in [1.82, 2.24) is 5.43 Å². The number of hydrogen-bond acceptors (Lipinski definition) is 4. The van der Waals surface area contributed by atoms with Gasteiger partial charge in [0.1, 0.15) is 5.75 Å². The fraction of sp³-hybridized carbons (Fsp3) is 0.190. The monoisotopic (exact) mass is 453 g/mol. The number of benzene rings is 2. The third-order valence-corrected chi connectivity index (χ3v) is 4.38. The van der Waals surface area contributed by atoms with Crippen LogP contribution < -0.4 is 10.7 Å². The summed E-state index contributed by atoms with van der Waals surface area (Å²) in [5.41, 5.74) is 2.09. The van der Waals surface area contributed by atoms with Crippen LogP contribution in [-0.4, -0.2) is 23.1 Å². The zero-order chi connectivity index (χ0) is 23.0. The second-order valence-electron chi connectivity index (χ2n) is 6.38. The molecule has 0 unspecified atom stereocenters. The lowest BCUT2D eigenvalue weighted by Crippen LogP contribution is -2.21. The Kier molecular flexibility index (Phi) is 8.21. The Balaban J connectivity index is 1.88. The van der Waals surface area contributed by atoms with Crippen molar-refractivity contribution in [3.63, 3.8) is 0 Å². The van der Waals surface area contributed by atoms with E-state index in [4.69, 9.17) is 11.6 Å². The molecule has 0 saturated carbocycles.